The van der Waals surface area contributed by atoms with Crippen molar-refractivity contribution in [3.8, 4) is 22.7 Å². The van der Waals surface area contributed by atoms with Gasteiger partial charge in [-0.05, 0) is 42.3 Å². The summed E-state index contributed by atoms with van der Waals surface area (Å²) in [4.78, 5) is 13.4. The van der Waals surface area contributed by atoms with Crippen LogP contribution < -0.4 is 10.1 Å². The molecule has 0 saturated heterocycles. The highest BCUT2D eigenvalue weighted by Crippen LogP contribution is 2.28. The Morgan fingerprint density at radius 1 is 1.03 bits per heavy atom. The number of ether oxygens (including phenoxy) is 1. The highest BCUT2D eigenvalue weighted by molar-refractivity contribution is 7.89. The summed E-state index contributed by atoms with van der Waals surface area (Å²) in [5, 5.41) is 7.98. The molecule has 1 amide bonds. The Labute approximate surface area is 227 Å². The number of rotatable bonds is 10. The first-order chi connectivity index (χ1) is 18.2. The largest absolute Gasteiger partial charge is 0.497 e. The zero-order valence-corrected chi connectivity index (χ0v) is 22.9. The lowest BCUT2D eigenvalue weighted by molar-refractivity contribution is -0.116. The number of amides is 1. The quantitative estimate of drug-likeness (QED) is 0.281. The number of carbonyl (C=O) groups is 1. The smallest absolute Gasteiger partial charge is 0.243 e. The highest BCUT2D eigenvalue weighted by Gasteiger charge is 2.28. The molecule has 0 spiro atoms. The second kappa shape index (κ2) is 11.8. The Morgan fingerprint density at radius 3 is 2.32 bits per heavy atom. The molecule has 0 aliphatic heterocycles. The molecule has 0 aliphatic carbocycles. The molecule has 10 heteroatoms. The number of hydrogen-bond acceptors (Lipinski definition) is 5. The minimum Gasteiger partial charge on any atom is -0.497 e. The van der Waals surface area contributed by atoms with Crippen molar-refractivity contribution in [1.29, 1.82) is 0 Å². The number of nitrogens with one attached hydrogen (secondary N) is 1. The van der Waals surface area contributed by atoms with Crippen LogP contribution in [0, 0.1) is 5.92 Å². The third kappa shape index (κ3) is 6.24. The molecular formula is C28H29ClN4O4S. The molecule has 0 aliphatic rings. The summed E-state index contributed by atoms with van der Waals surface area (Å²) >= 11 is 6.44. The van der Waals surface area contributed by atoms with E-state index in [2.05, 4.69) is 10.4 Å². The molecule has 0 saturated carbocycles. The summed E-state index contributed by atoms with van der Waals surface area (Å²) in [6, 6.07) is 24.5. The first kappa shape index (κ1) is 27.4. The average molecular weight is 553 g/mol. The van der Waals surface area contributed by atoms with E-state index in [9.17, 15) is 13.2 Å². The zero-order chi connectivity index (χ0) is 27.3. The number of nitrogens with zero attached hydrogens (tertiary/aromatic N) is 3. The van der Waals surface area contributed by atoms with Gasteiger partial charge in [0.2, 0.25) is 15.9 Å². The zero-order valence-electron chi connectivity index (χ0n) is 21.3. The van der Waals surface area contributed by atoms with Crippen LogP contribution in [0.3, 0.4) is 0 Å². The minimum atomic E-state index is -3.94. The number of sulfonamides is 1. The van der Waals surface area contributed by atoms with E-state index in [0.29, 0.717) is 28.0 Å². The fourth-order valence-corrected chi connectivity index (χ4v) is 5.70. The fraction of sp³-hybridized carbons (Fsp3) is 0.214. The van der Waals surface area contributed by atoms with Crippen LogP contribution >= 0.6 is 11.6 Å². The highest BCUT2D eigenvalue weighted by atomic mass is 35.5. The van der Waals surface area contributed by atoms with E-state index in [1.165, 1.54) is 23.5 Å². The van der Waals surface area contributed by atoms with Crippen LogP contribution in [0.5, 0.6) is 5.75 Å². The first-order valence-electron chi connectivity index (χ1n) is 12.0. The van der Waals surface area contributed by atoms with Gasteiger partial charge in [0, 0.05) is 18.2 Å². The lowest BCUT2D eigenvalue weighted by Crippen LogP contribution is -2.40. The molecule has 0 atom stereocenters. The van der Waals surface area contributed by atoms with Crippen LogP contribution in [0.25, 0.3) is 16.9 Å². The van der Waals surface area contributed by atoms with Gasteiger partial charge in [0.15, 0.2) is 0 Å². The molecule has 1 N–H and O–H groups in total. The maximum atomic E-state index is 13.4. The molecule has 4 aromatic rings. The van der Waals surface area contributed by atoms with Gasteiger partial charge in [-0.3, -0.25) is 4.79 Å². The molecular weight excluding hydrogens is 524 g/mol. The van der Waals surface area contributed by atoms with Gasteiger partial charge in [-0.2, -0.15) is 9.40 Å². The normalized spacial score (nSPS) is 11.6. The van der Waals surface area contributed by atoms with Gasteiger partial charge in [-0.1, -0.05) is 67.9 Å². The maximum absolute atomic E-state index is 13.4. The molecule has 0 unspecified atom stereocenters. The molecule has 1 heterocycles. The molecule has 1 aromatic heterocycles. The molecule has 8 nitrogen and oxygen atoms in total. The Bertz CT molecular complexity index is 1500. The van der Waals surface area contributed by atoms with Gasteiger partial charge < -0.3 is 10.1 Å². The van der Waals surface area contributed by atoms with Crippen LogP contribution in [-0.2, 0) is 14.8 Å². The van der Waals surface area contributed by atoms with E-state index in [0.717, 1.165) is 5.56 Å². The molecule has 0 radical (unpaired) electrons. The van der Waals surface area contributed by atoms with Crippen LogP contribution in [0.1, 0.15) is 13.8 Å². The van der Waals surface area contributed by atoms with Crippen LogP contribution in [0.4, 0.5) is 5.82 Å². The first-order valence-corrected chi connectivity index (χ1v) is 13.9. The van der Waals surface area contributed by atoms with Gasteiger partial charge in [-0.15, -0.1) is 0 Å². The monoisotopic (exact) mass is 552 g/mol. The van der Waals surface area contributed by atoms with Crippen LogP contribution in [0.15, 0.2) is 89.8 Å². The van der Waals surface area contributed by atoms with Crippen molar-refractivity contribution in [2.24, 2.45) is 5.92 Å². The number of methoxy groups -OCH3 is 1. The number of carbonyl (C=O) groups excluding carboxylic acids is 1. The van der Waals surface area contributed by atoms with E-state index in [1.54, 1.807) is 41.1 Å². The van der Waals surface area contributed by atoms with Crippen molar-refractivity contribution in [1.82, 2.24) is 14.1 Å². The maximum Gasteiger partial charge on any atom is 0.243 e. The number of para-hydroxylation sites is 1. The van der Waals surface area contributed by atoms with Crippen molar-refractivity contribution in [3.05, 3.63) is 90.0 Å². The van der Waals surface area contributed by atoms with E-state index >= 15 is 0 Å². The van der Waals surface area contributed by atoms with Crippen molar-refractivity contribution in [3.63, 3.8) is 0 Å². The molecule has 4 rings (SSSR count). The van der Waals surface area contributed by atoms with E-state index in [1.807, 2.05) is 50.2 Å². The third-order valence-electron chi connectivity index (χ3n) is 5.71. The van der Waals surface area contributed by atoms with Gasteiger partial charge in [0.1, 0.15) is 11.6 Å². The molecule has 3 aromatic carbocycles. The fourth-order valence-electron chi connectivity index (χ4n) is 3.92. The number of benzene rings is 3. The Kier molecular flexibility index (Phi) is 8.51. The predicted molar refractivity (Wildman–Crippen MR) is 149 cm³/mol. The van der Waals surface area contributed by atoms with Gasteiger partial charge >= 0.3 is 0 Å². The van der Waals surface area contributed by atoms with Crippen LogP contribution in [-0.4, -0.2) is 48.6 Å². The van der Waals surface area contributed by atoms with Crippen molar-refractivity contribution in [2.45, 2.75) is 18.7 Å². The lowest BCUT2D eigenvalue weighted by atomic mass is 10.1. The summed E-state index contributed by atoms with van der Waals surface area (Å²) in [6.45, 7) is 3.59. The molecule has 0 bridgehead atoms. The Balaban J connectivity index is 1.65. The summed E-state index contributed by atoms with van der Waals surface area (Å²) in [5.41, 5.74) is 2.07. The third-order valence-corrected chi connectivity index (χ3v) is 7.86. The summed E-state index contributed by atoms with van der Waals surface area (Å²) in [5.74, 6) is 0.400. The van der Waals surface area contributed by atoms with Crippen molar-refractivity contribution >= 4 is 33.3 Å². The Hall–Kier alpha value is -3.66. The number of halogens is 1. The molecule has 38 heavy (non-hydrogen) atoms. The number of hydrogen-bond donors (Lipinski definition) is 1. The van der Waals surface area contributed by atoms with Gasteiger partial charge in [0.05, 0.1) is 35.0 Å². The topological polar surface area (TPSA) is 93.5 Å². The molecule has 198 valence electrons. The number of anilines is 1. The van der Waals surface area contributed by atoms with E-state index < -0.39 is 15.9 Å². The van der Waals surface area contributed by atoms with Crippen molar-refractivity contribution in [2.75, 3.05) is 25.5 Å². The SMILES string of the molecule is COc1ccc(S(=O)(=O)N(CC(=O)Nc2cc(-c3ccccc3)nn2-c2ccccc2Cl)CC(C)C)cc1. The second-order valence-corrected chi connectivity index (χ2v) is 11.4. The van der Waals surface area contributed by atoms with Crippen LogP contribution in [0.2, 0.25) is 5.02 Å². The minimum absolute atomic E-state index is 0.00541. The summed E-state index contributed by atoms with van der Waals surface area (Å²) < 4.78 is 34.8. The van der Waals surface area contributed by atoms with Gasteiger partial charge in [-0.25, -0.2) is 13.1 Å². The average Bonchev–Trinajstić information content (AvgIpc) is 3.32. The molecule has 0 fully saturated rings. The van der Waals surface area contributed by atoms with E-state index in [4.69, 9.17) is 16.3 Å². The second-order valence-electron chi connectivity index (χ2n) is 9.06. The van der Waals surface area contributed by atoms with Crippen molar-refractivity contribution < 1.29 is 17.9 Å². The number of aromatic nitrogens is 2. The Morgan fingerprint density at radius 2 is 1.68 bits per heavy atom. The predicted octanol–water partition coefficient (Wildman–Crippen LogP) is 5.49. The summed E-state index contributed by atoms with van der Waals surface area (Å²) in [7, 11) is -2.43. The summed E-state index contributed by atoms with van der Waals surface area (Å²) in [6.07, 6.45) is 0. The van der Waals surface area contributed by atoms with E-state index in [-0.39, 0.29) is 23.9 Å². The standard InChI is InChI=1S/C28H29ClN4O4S/c1-20(2)18-32(38(35,36)23-15-13-22(37-3)14-16-23)19-28(34)30-27-17-25(21-9-5-4-6-10-21)31-33(27)26-12-8-7-11-24(26)29/h4-17,20H,18-19H2,1-3H3,(H,30,34). The van der Waals surface area contributed by atoms with Gasteiger partial charge in [0.25, 0.3) is 0 Å². The lowest BCUT2D eigenvalue weighted by Gasteiger charge is -2.23.